The van der Waals surface area contributed by atoms with E-state index in [0.29, 0.717) is 24.7 Å². The first-order valence-electron chi connectivity index (χ1n) is 3.56. The van der Waals surface area contributed by atoms with Crippen LogP contribution >= 0.6 is 11.6 Å². The maximum absolute atomic E-state index is 10.7. The van der Waals surface area contributed by atoms with Gasteiger partial charge in [0, 0.05) is 11.6 Å². The van der Waals surface area contributed by atoms with E-state index in [0.717, 1.165) is 12.7 Å². The highest BCUT2D eigenvalue weighted by molar-refractivity contribution is 6.29. The second-order valence-electron chi connectivity index (χ2n) is 2.98. The topological polar surface area (TPSA) is 26.3 Å². The Morgan fingerprint density at radius 2 is 2.55 bits per heavy atom. The molecule has 1 atom stereocenters. The number of rotatable bonds is 3. The molecule has 1 aliphatic heterocycles. The third-order valence-electron chi connectivity index (χ3n) is 1.93. The summed E-state index contributed by atoms with van der Waals surface area (Å²) in [5.74, 6) is 0. The summed E-state index contributed by atoms with van der Waals surface area (Å²) in [6.07, 6.45) is 2.24. The molecule has 0 radical (unpaired) electrons. The highest BCUT2D eigenvalue weighted by Gasteiger charge is 2.34. The van der Waals surface area contributed by atoms with Crippen molar-refractivity contribution in [2.75, 3.05) is 13.2 Å². The molecular formula is C8H11ClO2. The predicted molar refractivity (Wildman–Crippen MR) is 43.5 cm³/mol. The third kappa shape index (κ3) is 2.04. The summed E-state index contributed by atoms with van der Waals surface area (Å²) in [4.78, 5) is 10.7. The van der Waals surface area contributed by atoms with Gasteiger partial charge >= 0.3 is 0 Å². The van der Waals surface area contributed by atoms with Crippen molar-refractivity contribution in [3.8, 4) is 0 Å². The van der Waals surface area contributed by atoms with E-state index in [1.807, 2.05) is 0 Å². The first-order chi connectivity index (χ1) is 5.18. The maximum atomic E-state index is 10.7. The monoisotopic (exact) mass is 174 g/mol. The highest BCUT2D eigenvalue weighted by Crippen LogP contribution is 2.33. The maximum Gasteiger partial charge on any atom is 0.128 e. The zero-order chi connectivity index (χ0) is 8.32. The smallest absolute Gasteiger partial charge is 0.128 e. The molecule has 0 aromatic carbocycles. The van der Waals surface area contributed by atoms with E-state index in [4.69, 9.17) is 16.3 Å². The van der Waals surface area contributed by atoms with Crippen LogP contribution in [0.5, 0.6) is 0 Å². The van der Waals surface area contributed by atoms with Crippen molar-refractivity contribution in [2.45, 2.75) is 12.8 Å². The molecule has 1 fully saturated rings. The van der Waals surface area contributed by atoms with Gasteiger partial charge in [0.15, 0.2) is 0 Å². The SMILES string of the molecule is C=C(Cl)CC1(C=O)CCOC1. The molecular weight excluding hydrogens is 164 g/mol. The minimum absolute atomic E-state index is 0.376. The van der Waals surface area contributed by atoms with E-state index in [-0.39, 0.29) is 5.41 Å². The minimum Gasteiger partial charge on any atom is -0.380 e. The van der Waals surface area contributed by atoms with Gasteiger partial charge in [0.25, 0.3) is 0 Å². The molecule has 0 bridgehead atoms. The van der Waals surface area contributed by atoms with Gasteiger partial charge < -0.3 is 9.53 Å². The number of hydrogen-bond donors (Lipinski definition) is 0. The number of carbonyl (C=O) groups is 1. The van der Waals surface area contributed by atoms with E-state index in [2.05, 4.69) is 6.58 Å². The van der Waals surface area contributed by atoms with Crippen molar-refractivity contribution in [1.82, 2.24) is 0 Å². The normalized spacial score (nSPS) is 30.3. The Kier molecular flexibility index (Phi) is 2.68. The molecule has 2 nitrogen and oxygen atoms in total. The Labute approximate surface area is 71.2 Å². The lowest BCUT2D eigenvalue weighted by atomic mass is 9.86. The van der Waals surface area contributed by atoms with Crippen LogP contribution in [0.15, 0.2) is 11.6 Å². The standard InChI is InChI=1S/C8H11ClO2/c1-7(9)4-8(5-10)2-3-11-6-8/h5H,1-4,6H2. The van der Waals surface area contributed by atoms with Crippen molar-refractivity contribution in [1.29, 1.82) is 0 Å². The Bertz CT molecular complexity index is 171. The summed E-state index contributed by atoms with van der Waals surface area (Å²) in [6.45, 7) is 4.71. The largest absolute Gasteiger partial charge is 0.380 e. The molecule has 11 heavy (non-hydrogen) atoms. The second kappa shape index (κ2) is 3.37. The molecule has 0 aromatic heterocycles. The minimum atomic E-state index is -0.376. The lowest BCUT2D eigenvalue weighted by Crippen LogP contribution is -2.22. The van der Waals surface area contributed by atoms with Gasteiger partial charge in [-0.1, -0.05) is 18.2 Å². The highest BCUT2D eigenvalue weighted by atomic mass is 35.5. The van der Waals surface area contributed by atoms with Crippen LogP contribution in [0.3, 0.4) is 0 Å². The van der Waals surface area contributed by atoms with Crippen LogP contribution in [0.1, 0.15) is 12.8 Å². The van der Waals surface area contributed by atoms with E-state index in [9.17, 15) is 4.79 Å². The van der Waals surface area contributed by atoms with Crippen LogP contribution in [0.2, 0.25) is 0 Å². The second-order valence-corrected chi connectivity index (χ2v) is 3.51. The summed E-state index contributed by atoms with van der Waals surface area (Å²) < 4.78 is 5.12. The van der Waals surface area contributed by atoms with E-state index < -0.39 is 0 Å². The Hall–Kier alpha value is -0.340. The van der Waals surface area contributed by atoms with Gasteiger partial charge in [0.2, 0.25) is 0 Å². The average molecular weight is 175 g/mol. The van der Waals surface area contributed by atoms with Gasteiger partial charge in [-0.3, -0.25) is 0 Å². The number of allylic oxidation sites excluding steroid dienone is 1. The van der Waals surface area contributed by atoms with E-state index in [1.54, 1.807) is 0 Å². The lowest BCUT2D eigenvalue weighted by molar-refractivity contribution is -0.116. The number of hydrogen-bond acceptors (Lipinski definition) is 2. The van der Waals surface area contributed by atoms with Crippen molar-refractivity contribution < 1.29 is 9.53 Å². The Balaban J connectivity index is 2.59. The first kappa shape index (κ1) is 8.75. The van der Waals surface area contributed by atoms with Gasteiger partial charge in [-0.05, 0) is 12.8 Å². The van der Waals surface area contributed by atoms with Crippen LogP contribution in [0, 0.1) is 5.41 Å². The quantitative estimate of drug-likeness (QED) is 0.610. The van der Waals surface area contributed by atoms with Crippen molar-refractivity contribution in [2.24, 2.45) is 5.41 Å². The van der Waals surface area contributed by atoms with Crippen LogP contribution in [0.4, 0.5) is 0 Å². The van der Waals surface area contributed by atoms with E-state index in [1.165, 1.54) is 0 Å². The number of ether oxygens (including phenoxy) is 1. The third-order valence-corrected chi connectivity index (χ3v) is 2.06. The molecule has 3 heteroatoms. The molecule has 0 spiro atoms. The van der Waals surface area contributed by atoms with Gasteiger partial charge in [-0.2, -0.15) is 0 Å². The molecule has 0 aliphatic carbocycles. The lowest BCUT2D eigenvalue weighted by Gasteiger charge is -2.18. The molecule has 0 saturated carbocycles. The van der Waals surface area contributed by atoms with Crippen molar-refractivity contribution in [3.05, 3.63) is 11.6 Å². The Morgan fingerprint density at radius 3 is 2.91 bits per heavy atom. The van der Waals surface area contributed by atoms with Gasteiger partial charge in [-0.25, -0.2) is 0 Å². The Morgan fingerprint density at radius 1 is 1.82 bits per heavy atom. The number of halogens is 1. The van der Waals surface area contributed by atoms with Crippen LogP contribution in [0.25, 0.3) is 0 Å². The predicted octanol–water partition coefficient (Wildman–Crippen LogP) is 1.73. The summed E-state index contributed by atoms with van der Waals surface area (Å²) in [5.41, 5.74) is -0.376. The molecule has 1 heterocycles. The summed E-state index contributed by atoms with van der Waals surface area (Å²) in [6, 6.07) is 0. The van der Waals surface area contributed by atoms with Gasteiger partial charge in [-0.15, -0.1) is 0 Å². The summed E-state index contributed by atoms with van der Waals surface area (Å²) >= 11 is 5.62. The molecule has 1 rings (SSSR count). The van der Waals surface area contributed by atoms with E-state index >= 15 is 0 Å². The fourth-order valence-electron chi connectivity index (χ4n) is 1.28. The summed E-state index contributed by atoms with van der Waals surface area (Å²) in [7, 11) is 0. The first-order valence-corrected chi connectivity index (χ1v) is 3.94. The molecule has 1 aliphatic rings. The fourth-order valence-corrected chi connectivity index (χ4v) is 1.55. The number of carbonyl (C=O) groups excluding carboxylic acids is 1. The molecule has 1 unspecified atom stereocenters. The molecule has 0 N–H and O–H groups in total. The molecule has 0 aromatic rings. The van der Waals surface area contributed by atoms with Crippen LogP contribution < -0.4 is 0 Å². The molecule has 0 amide bonds. The van der Waals surface area contributed by atoms with Gasteiger partial charge in [0.1, 0.15) is 6.29 Å². The fraction of sp³-hybridized carbons (Fsp3) is 0.625. The summed E-state index contributed by atoms with van der Waals surface area (Å²) in [5, 5.41) is 0.530. The van der Waals surface area contributed by atoms with Crippen molar-refractivity contribution >= 4 is 17.9 Å². The zero-order valence-electron chi connectivity index (χ0n) is 6.31. The van der Waals surface area contributed by atoms with Gasteiger partial charge in [0.05, 0.1) is 12.0 Å². The zero-order valence-corrected chi connectivity index (χ0v) is 7.06. The number of aldehydes is 1. The van der Waals surface area contributed by atoms with Crippen LogP contribution in [-0.2, 0) is 9.53 Å². The molecule has 1 saturated heterocycles. The molecule has 62 valence electrons. The van der Waals surface area contributed by atoms with Crippen molar-refractivity contribution in [3.63, 3.8) is 0 Å². The average Bonchev–Trinajstić information content (AvgIpc) is 2.36. The van der Waals surface area contributed by atoms with Crippen LogP contribution in [-0.4, -0.2) is 19.5 Å².